The van der Waals surface area contributed by atoms with E-state index in [1.165, 1.54) is 12.1 Å². The lowest BCUT2D eigenvalue weighted by atomic mass is 9.92. The van der Waals surface area contributed by atoms with Gasteiger partial charge in [-0.3, -0.25) is 10.1 Å². The van der Waals surface area contributed by atoms with Crippen LogP contribution in [0.3, 0.4) is 0 Å². The molecule has 0 unspecified atom stereocenters. The van der Waals surface area contributed by atoms with Crippen molar-refractivity contribution in [1.29, 1.82) is 0 Å². The van der Waals surface area contributed by atoms with Gasteiger partial charge in [-0.15, -0.1) is 0 Å². The summed E-state index contributed by atoms with van der Waals surface area (Å²) in [7, 11) is 1.63. The topological polar surface area (TPSA) is 77.2 Å². The summed E-state index contributed by atoms with van der Waals surface area (Å²) in [6.07, 6.45) is 0.672. The Bertz CT molecular complexity index is 1230. The van der Waals surface area contributed by atoms with Crippen LogP contribution in [0.5, 0.6) is 11.5 Å². The van der Waals surface area contributed by atoms with Gasteiger partial charge in [0.1, 0.15) is 11.5 Å². The average Bonchev–Trinajstić information content (AvgIpc) is 3.27. The summed E-state index contributed by atoms with van der Waals surface area (Å²) in [6.45, 7) is 1.93. The third-order valence-electron chi connectivity index (χ3n) is 6.02. The van der Waals surface area contributed by atoms with Crippen LogP contribution in [-0.4, -0.2) is 22.8 Å². The summed E-state index contributed by atoms with van der Waals surface area (Å²) in [5.74, 6) is 1.50. The van der Waals surface area contributed by atoms with Gasteiger partial charge in [-0.2, -0.15) is 5.10 Å². The van der Waals surface area contributed by atoms with Gasteiger partial charge in [-0.25, -0.2) is 5.01 Å². The number of nitro groups is 1. The number of fused-ring (bicyclic) bond motifs is 3. The number of halogens is 1. The van der Waals surface area contributed by atoms with E-state index in [4.69, 9.17) is 26.2 Å². The quantitative estimate of drug-likeness (QED) is 0.378. The van der Waals surface area contributed by atoms with E-state index in [1.54, 1.807) is 25.3 Å². The van der Waals surface area contributed by atoms with E-state index in [9.17, 15) is 10.1 Å². The second-order valence-electron chi connectivity index (χ2n) is 7.91. The minimum Gasteiger partial charge on any atom is -0.497 e. The van der Waals surface area contributed by atoms with Gasteiger partial charge in [0.15, 0.2) is 0 Å². The molecule has 5 rings (SSSR count). The Balaban J connectivity index is 1.61. The molecule has 3 aromatic rings. The number of non-ortho nitro benzene ring substituents is 1. The van der Waals surface area contributed by atoms with Crippen molar-refractivity contribution in [2.45, 2.75) is 25.1 Å². The number of hydrogen-bond donors (Lipinski definition) is 0. The Kier molecular flexibility index (Phi) is 4.78. The first-order valence-electron chi connectivity index (χ1n) is 10.1. The van der Waals surface area contributed by atoms with Crippen molar-refractivity contribution in [3.63, 3.8) is 0 Å². The smallest absolute Gasteiger partial charge is 0.269 e. The van der Waals surface area contributed by atoms with Crippen LogP contribution in [0.4, 0.5) is 5.69 Å². The van der Waals surface area contributed by atoms with Crippen molar-refractivity contribution in [2.75, 3.05) is 7.11 Å². The predicted molar refractivity (Wildman–Crippen MR) is 121 cm³/mol. The number of ether oxygens (including phenoxy) is 2. The third kappa shape index (κ3) is 3.26. The Morgan fingerprint density at radius 2 is 1.88 bits per heavy atom. The fourth-order valence-corrected chi connectivity index (χ4v) is 4.50. The van der Waals surface area contributed by atoms with Crippen LogP contribution in [0.25, 0.3) is 0 Å². The second-order valence-corrected chi connectivity index (χ2v) is 8.35. The van der Waals surface area contributed by atoms with Crippen molar-refractivity contribution in [3.05, 3.63) is 98.6 Å². The Hall–Kier alpha value is -3.58. The van der Waals surface area contributed by atoms with E-state index >= 15 is 0 Å². The summed E-state index contributed by atoms with van der Waals surface area (Å²) >= 11 is 6.30. The van der Waals surface area contributed by atoms with Crippen molar-refractivity contribution >= 4 is 23.0 Å². The van der Waals surface area contributed by atoms with Crippen molar-refractivity contribution in [2.24, 2.45) is 5.10 Å². The molecule has 32 heavy (non-hydrogen) atoms. The molecule has 7 nitrogen and oxygen atoms in total. The molecule has 0 radical (unpaired) electrons. The summed E-state index contributed by atoms with van der Waals surface area (Å²) in [5.41, 5.74) is 2.73. The maximum atomic E-state index is 11.1. The summed E-state index contributed by atoms with van der Waals surface area (Å²) in [4.78, 5) is 10.7. The molecule has 0 N–H and O–H groups in total. The molecule has 0 fully saturated rings. The van der Waals surface area contributed by atoms with E-state index in [2.05, 4.69) is 0 Å². The monoisotopic (exact) mass is 449 g/mol. The molecule has 8 heteroatoms. The zero-order valence-electron chi connectivity index (χ0n) is 17.5. The Morgan fingerprint density at radius 3 is 2.53 bits per heavy atom. The molecule has 0 amide bonds. The highest BCUT2D eigenvalue weighted by Crippen LogP contribution is 2.51. The SMILES string of the molecule is COc1ccc(C2=NN3[C@H](C2)c2cc(Cl)ccc2O[C@]3(C)c2ccc([N+](=O)[O-])cc2)cc1. The highest BCUT2D eigenvalue weighted by Gasteiger charge is 2.49. The molecular formula is C24H20ClN3O4. The van der Waals surface area contributed by atoms with Gasteiger partial charge < -0.3 is 9.47 Å². The van der Waals surface area contributed by atoms with Crippen molar-refractivity contribution in [3.8, 4) is 11.5 Å². The molecule has 0 saturated heterocycles. The minimum absolute atomic E-state index is 0.0285. The number of nitrogens with zero attached hydrogens (tertiary/aromatic N) is 3. The highest BCUT2D eigenvalue weighted by molar-refractivity contribution is 6.30. The molecule has 0 saturated carbocycles. The highest BCUT2D eigenvalue weighted by atomic mass is 35.5. The largest absolute Gasteiger partial charge is 0.497 e. The molecular weight excluding hydrogens is 430 g/mol. The lowest BCUT2D eigenvalue weighted by Gasteiger charge is -2.46. The number of benzene rings is 3. The molecule has 0 aromatic heterocycles. The molecule has 2 heterocycles. The van der Waals surface area contributed by atoms with Crippen LogP contribution in [-0.2, 0) is 5.72 Å². The number of rotatable bonds is 4. The first-order valence-corrected chi connectivity index (χ1v) is 10.5. The van der Waals surface area contributed by atoms with Gasteiger partial charge in [0.05, 0.1) is 23.8 Å². The number of hydrogen-bond acceptors (Lipinski definition) is 6. The van der Waals surface area contributed by atoms with E-state index < -0.39 is 10.6 Å². The van der Waals surface area contributed by atoms with E-state index in [0.717, 1.165) is 33.9 Å². The average molecular weight is 450 g/mol. The second kappa shape index (κ2) is 7.53. The van der Waals surface area contributed by atoms with Gasteiger partial charge in [-0.1, -0.05) is 11.6 Å². The van der Waals surface area contributed by atoms with Crippen LogP contribution >= 0.6 is 11.6 Å². The maximum absolute atomic E-state index is 11.1. The lowest BCUT2D eigenvalue weighted by Crippen LogP contribution is -2.48. The number of nitro benzene ring substituents is 1. The first-order chi connectivity index (χ1) is 15.4. The summed E-state index contributed by atoms with van der Waals surface area (Å²) < 4.78 is 11.7. The van der Waals surface area contributed by atoms with Crippen LogP contribution in [0, 0.1) is 10.1 Å². The lowest BCUT2D eigenvalue weighted by molar-refractivity contribution is -0.384. The molecule has 162 valence electrons. The Labute approximate surface area is 190 Å². The summed E-state index contributed by atoms with van der Waals surface area (Å²) in [6, 6.07) is 19.7. The number of hydrazone groups is 1. The fourth-order valence-electron chi connectivity index (χ4n) is 4.32. The van der Waals surface area contributed by atoms with Crippen LogP contribution < -0.4 is 9.47 Å². The number of methoxy groups -OCH3 is 1. The van der Waals surface area contributed by atoms with Gasteiger partial charge in [-0.05, 0) is 60.2 Å². The molecule has 0 bridgehead atoms. The minimum atomic E-state index is -0.950. The van der Waals surface area contributed by atoms with Gasteiger partial charge >= 0.3 is 0 Å². The molecule has 0 spiro atoms. The maximum Gasteiger partial charge on any atom is 0.269 e. The molecule has 2 atom stereocenters. The van der Waals surface area contributed by atoms with E-state index in [-0.39, 0.29) is 11.7 Å². The fraction of sp³-hybridized carbons (Fsp3) is 0.208. The first kappa shape index (κ1) is 20.3. The predicted octanol–water partition coefficient (Wildman–Crippen LogP) is 5.67. The molecule has 3 aromatic carbocycles. The van der Waals surface area contributed by atoms with Gasteiger partial charge in [0.25, 0.3) is 5.69 Å². The van der Waals surface area contributed by atoms with Crippen molar-refractivity contribution in [1.82, 2.24) is 5.01 Å². The Morgan fingerprint density at radius 1 is 1.16 bits per heavy atom. The van der Waals surface area contributed by atoms with Gasteiger partial charge in [0.2, 0.25) is 5.72 Å². The van der Waals surface area contributed by atoms with Crippen molar-refractivity contribution < 1.29 is 14.4 Å². The molecule has 2 aliphatic heterocycles. The molecule has 0 aliphatic carbocycles. The zero-order valence-corrected chi connectivity index (χ0v) is 18.2. The van der Waals surface area contributed by atoms with E-state index in [0.29, 0.717) is 11.4 Å². The van der Waals surface area contributed by atoms with Crippen LogP contribution in [0.15, 0.2) is 71.8 Å². The third-order valence-corrected chi connectivity index (χ3v) is 6.26. The standard InChI is InChI=1S/C24H20ClN3O4/c1-24(16-5-8-18(9-6-16)28(29)30)27-22(20-13-17(25)7-12-23(20)32-24)14-21(26-27)15-3-10-19(31-2)11-4-15/h3-13,22H,14H2,1-2H3/t22-,24-/m1/s1. The normalized spacial score (nSPS) is 21.3. The summed E-state index contributed by atoms with van der Waals surface area (Å²) in [5, 5.41) is 18.6. The van der Waals surface area contributed by atoms with Gasteiger partial charge in [0, 0.05) is 41.6 Å². The van der Waals surface area contributed by atoms with E-state index in [1.807, 2.05) is 48.3 Å². The van der Waals surface area contributed by atoms with Crippen LogP contribution in [0.1, 0.15) is 36.1 Å². The zero-order chi connectivity index (χ0) is 22.5. The molecule has 2 aliphatic rings. The van der Waals surface area contributed by atoms with Crippen LogP contribution in [0.2, 0.25) is 5.02 Å².